The first-order valence-electron chi connectivity index (χ1n) is 9.00. The molecule has 1 aliphatic heterocycles. The van der Waals surface area contributed by atoms with Crippen LogP contribution in [-0.2, 0) is 13.0 Å². The van der Waals surface area contributed by atoms with Gasteiger partial charge in [0.05, 0.1) is 0 Å². The first-order valence-corrected chi connectivity index (χ1v) is 9.38. The van der Waals surface area contributed by atoms with Crippen molar-refractivity contribution in [2.75, 3.05) is 11.4 Å². The van der Waals surface area contributed by atoms with Crippen LogP contribution in [0.25, 0.3) is 0 Å². The van der Waals surface area contributed by atoms with Gasteiger partial charge in [-0.25, -0.2) is 0 Å². The largest absolute Gasteiger partial charge is 0.348 e. The molecule has 0 spiro atoms. The molecule has 1 aromatic heterocycles. The average Bonchev–Trinajstić information content (AvgIpc) is 3.17. The third-order valence-electron chi connectivity index (χ3n) is 4.74. The van der Waals surface area contributed by atoms with E-state index in [1.165, 1.54) is 6.20 Å². The summed E-state index contributed by atoms with van der Waals surface area (Å²) >= 11 is 5.87. The lowest BCUT2D eigenvalue weighted by Crippen LogP contribution is -2.30. The van der Waals surface area contributed by atoms with Crippen LogP contribution in [0.4, 0.5) is 5.69 Å². The third kappa shape index (κ3) is 3.75. The molecule has 2 amide bonds. The Morgan fingerprint density at radius 3 is 2.68 bits per heavy atom. The van der Waals surface area contributed by atoms with E-state index in [9.17, 15) is 9.59 Å². The van der Waals surface area contributed by atoms with Crippen LogP contribution < -0.4 is 10.2 Å². The van der Waals surface area contributed by atoms with Gasteiger partial charge in [0.25, 0.3) is 11.8 Å². The number of halogens is 1. The van der Waals surface area contributed by atoms with Crippen LogP contribution in [0.2, 0.25) is 5.02 Å². The van der Waals surface area contributed by atoms with Crippen molar-refractivity contribution in [2.24, 2.45) is 0 Å². The normalized spacial score (nSPS) is 12.5. The van der Waals surface area contributed by atoms with Crippen LogP contribution in [0.15, 0.2) is 66.9 Å². The van der Waals surface area contributed by atoms with Crippen LogP contribution in [0, 0.1) is 0 Å². The molecule has 0 unspecified atom stereocenters. The highest BCUT2D eigenvalue weighted by molar-refractivity contribution is 6.30. The molecule has 0 radical (unpaired) electrons. The number of benzene rings is 2. The van der Waals surface area contributed by atoms with Gasteiger partial charge in [-0.15, -0.1) is 0 Å². The Morgan fingerprint density at radius 2 is 1.86 bits per heavy atom. The monoisotopic (exact) mass is 391 g/mol. The summed E-state index contributed by atoms with van der Waals surface area (Å²) in [5, 5.41) is 3.50. The number of carbonyl (C=O) groups excluding carboxylic acids is 2. The maximum Gasteiger partial charge on any atom is 0.276 e. The van der Waals surface area contributed by atoms with E-state index in [4.69, 9.17) is 11.6 Å². The zero-order chi connectivity index (χ0) is 19.5. The fraction of sp³-hybridized carbons (Fsp3) is 0.136. The van der Waals surface area contributed by atoms with Gasteiger partial charge in [-0.2, -0.15) is 0 Å². The van der Waals surface area contributed by atoms with Crippen molar-refractivity contribution in [3.8, 4) is 0 Å². The number of nitrogens with zero attached hydrogens (tertiary/aromatic N) is 2. The summed E-state index contributed by atoms with van der Waals surface area (Å²) in [5.74, 6) is -0.453. The molecule has 1 N–H and O–H groups in total. The van der Waals surface area contributed by atoms with E-state index in [0.29, 0.717) is 23.7 Å². The minimum atomic E-state index is -0.256. The van der Waals surface area contributed by atoms with Gasteiger partial charge in [0.15, 0.2) is 0 Å². The number of hydrogen-bond donors (Lipinski definition) is 1. The Morgan fingerprint density at radius 1 is 1.07 bits per heavy atom. The molecular weight excluding hydrogens is 374 g/mol. The predicted octanol–water partition coefficient (Wildman–Crippen LogP) is 3.87. The molecule has 28 heavy (non-hydrogen) atoms. The number of hydrogen-bond acceptors (Lipinski definition) is 3. The van der Waals surface area contributed by atoms with Gasteiger partial charge in [-0.05, 0) is 47.9 Å². The second-order valence-corrected chi connectivity index (χ2v) is 7.01. The second-order valence-electron chi connectivity index (χ2n) is 6.57. The van der Waals surface area contributed by atoms with Crippen molar-refractivity contribution in [3.05, 3.63) is 94.3 Å². The molecular formula is C22H18ClN3O2. The molecule has 0 saturated carbocycles. The van der Waals surface area contributed by atoms with Crippen LogP contribution in [-0.4, -0.2) is 23.3 Å². The zero-order valence-corrected chi connectivity index (χ0v) is 15.8. The van der Waals surface area contributed by atoms with Crippen molar-refractivity contribution in [3.63, 3.8) is 0 Å². The maximum atomic E-state index is 12.9. The van der Waals surface area contributed by atoms with Crippen LogP contribution in [0.1, 0.15) is 32.0 Å². The quantitative estimate of drug-likeness (QED) is 0.734. The summed E-state index contributed by atoms with van der Waals surface area (Å²) in [5.41, 5.74) is 3.66. The number of fused-ring (bicyclic) bond motifs is 1. The Hall–Kier alpha value is -3.18. The highest BCUT2D eigenvalue weighted by Gasteiger charge is 2.26. The summed E-state index contributed by atoms with van der Waals surface area (Å²) < 4.78 is 0. The molecule has 2 aromatic carbocycles. The number of carbonyl (C=O) groups is 2. The Bertz CT molecular complexity index is 1030. The summed E-state index contributed by atoms with van der Waals surface area (Å²) in [6.45, 7) is 0.994. The van der Waals surface area contributed by atoms with Crippen LogP contribution in [0.3, 0.4) is 0 Å². The van der Waals surface area contributed by atoms with E-state index in [2.05, 4.69) is 10.3 Å². The Balaban J connectivity index is 1.47. The minimum Gasteiger partial charge on any atom is -0.348 e. The van der Waals surface area contributed by atoms with Crippen molar-refractivity contribution >= 4 is 29.1 Å². The van der Waals surface area contributed by atoms with Gasteiger partial charge >= 0.3 is 0 Å². The molecule has 0 aliphatic carbocycles. The number of amides is 2. The highest BCUT2D eigenvalue weighted by atomic mass is 35.5. The van der Waals surface area contributed by atoms with Gasteiger partial charge in [-0.3, -0.25) is 14.6 Å². The van der Waals surface area contributed by atoms with E-state index < -0.39 is 0 Å². The van der Waals surface area contributed by atoms with E-state index in [1.807, 2.05) is 36.4 Å². The molecule has 3 aromatic rings. The van der Waals surface area contributed by atoms with Gasteiger partial charge in [-0.1, -0.05) is 41.9 Å². The Kier molecular flexibility index (Phi) is 5.08. The molecule has 1 aliphatic rings. The second kappa shape index (κ2) is 7.82. The van der Waals surface area contributed by atoms with E-state index in [0.717, 1.165) is 23.2 Å². The highest BCUT2D eigenvalue weighted by Crippen LogP contribution is 2.28. The minimum absolute atomic E-state index is 0.197. The van der Waals surface area contributed by atoms with Crippen molar-refractivity contribution < 1.29 is 9.59 Å². The van der Waals surface area contributed by atoms with E-state index >= 15 is 0 Å². The molecule has 6 heteroatoms. The van der Waals surface area contributed by atoms with Gasteiger partial charge in [0.1, 0.15) is 5.69 Å². The number of nitrogens with one attached hydrogen (secondary N) is 1. The van der Waals surface area contributed by atoms with Crippen LogP contribution >= 0.6 is 11.6 Å². The lowest BCUT2D eigenvalue weighted by molar-refractivity contribution is 0.0951. The lowest BCUT2D eigenvalue weighted by Gasteiger charge is -2.17. The van der Waals surface area contributed by atoms with E-state index in [1.54, 1.807) is 29.2 Å². The van der Waals surface area contributed by atoms with Crippen LogP contribution in [0.5, 0.6) is 0 Å². The van der Waals surface area contributed by atoms with Crippen molar-refractivity contribution in [1.29, 1.82) is 0 Å². The molecule has 0 atom stereocenters. The number of rotatable bonds is 4. The van der Waals surface area contributed by atoms with Crippen molar-refractivity contribution in [1.82, 2.24) is 10.3 Å². The molecule has 4 rings (SSSR count). The molecule has 0 bridgehead atoms. The summed E-state index contributed by atoms with van der Waals surface area (Å²) in [6.07, 6.45) is 2.32. The first-order chi connectivity index (χ1) is 13.6. The SMILES string of the molecule is O=C(NCc1ccc(Cl)cc1)c1ccnc(C(=O)N2CCc3ccccc32)c1. The van der Waals surface area contributed by atoms with Gasteiger partial charge in [0, 0.05) is 35.6 Å². The first kappa shape index (κ1) is 18.2. The maximum absolute atomic E-state index is 12.9. The third-order valence-corrected chi connectivity index (χ3v) is 4.99. The van der Waals surface area contributed by atoms with Crippen molar-refractivity contribution in [2.45, 2.75) is 13.0 Å². The summed E-state index contributed by atoms with van der Waals surface area (Å²) in [6, 6.07) is 18.3. The summed E-state index contributed by atoms with van der Waals surface area (Å²) in [7, 11) is 0. The standard InChI is InChI=1S/C22H18ClN3O2/c23-18-7-5-15(6-8-18)14-25-21(27)17-9-11-24-19(13-17)22(28)26-12-10-16-3-1-2-4-20(16)26/h1-9,11,13H,10,12,14H2,(H,25,27). The summed E-state index contributed by atoms with van der Waals surface area (Å²) in [4.78, 5) is 31.3. The fourth-order valence-electron chi connectivity index (χ4n) is 3.26. The van der Waals surface area contributed by atoms with Gasteiger partial charge < -0.3 is 10.2 Å². The molecule has 5 nitrogen and oxygen atoms in total. The van der Waals surface area contributed by atoms with Gasteiger partial charge in [0.2, 0.25) is 0 Å². The Labute approximate surface area is 168 Å². The molecule has 140 valence electrons. The topological polar surface area (TPSA) is 62.3 Å². The molecule has 2 heterocycles. The predicted molar refractivity (Wildman–Crippen MR) is 109 cm³/mol. The average molecular weight is 392 g/mol. The number of aromatic nitrogens is 1. The lowest BCUT2D eigenvalue weighted by atomic mass is 10.1. The zero-order valence-electron chi connectivity index (χ0n) is 15.1. The van der Waals surface area contributed by atoms with E-state index in [-0.39, 0.29) is 17.5 Å². The number of anilines is 1. The number of pyridine rings is 1. The smallest absolute Gasteiger partial charge is 0.276 e. The number of para-hydroxylation sites is 1. The fourth-order valence-corrected chi connectivity index (χ4v) is 3.39. The molecule has 0 fully saturated rings. The molecule has 0 saturated heterocycles.